The fourth-order valence-electron chi connectivity index (χ4n) is 2.58. The van der Waals surface area contributed by atoms with Crippen LogP contribution in [-0.2, 0) is 6.42 Å². The van der Waals surface area contributed by atoms with E-state index in [1.165, 1.54) is 22.3 Å². The Balaban J connectivity index is 2.13. The van der Waals surface area contributed by atoms with Gasteiger partial charge in [-0.25, -0.2) is 0 Å². The van der Waals surface area contributed by atoms with Gasteiger partial charge in [-0.15, -0.1) is 0 Å². The summed E-state index contributed by atoms with van der Waals surface area (Å²) in [6.07, 6.45) is 5.64. The summed E-state index contributed by atoms with van der Waals surface area (Å²) in [6, 6.07) is 14.7. The van der Waals surface area contributed by atoms with Crippen LogP contribution in [-0.4, -0.2) is 0 Å². The van der Waals surface area contributed by atoms with E-state index in [1.54, 1.807) is 0 Å². The van der Waals surface area contributed by atoms with Crippen molar-refractivity contribution < 1.29 is 0 Å². The fraction of sp³-hybridized carbons (Fsp3) is 0.176. The average Bonchev–Trinajstić information content (AvgIpc) is 2.39. The Morgan fingerprint density at radius 2 is 1.83 bits per heavy atom. The molecule has 2 aromatic carbocycles. The number of hydrogen-bond acceptors (Lipinski definition) is 1. The number of anilines is 1. The highest BCUT2D eigenvalue weighted by Crippen LogP contribution is 2.32. The summed E-state index contributed by atoms with van der Waals surface area (Å²) >= 11 is 0. The minimum atomic E-state index is 0.618. The third-order valence-electron chi connectivity index (χ3n) is 3.56. The number of nitrogen functional groups attached to an aromatic ring is 1. The van der Waals surface area contributed by atoms with E-state index in [0.717, 1.165) is 12.1 Å². The second-order valence-corrected chi connectivity index (χ2v) is 5.04. The molecule has 3 rings (SSSR count). The van der Waals surface area contributed by atoms with Gasteiger partial charge in [0.15, 0.2) is 0 Å². The number of fused-ring (bicyclic) bond motifs is 1. The molecule has 1 heteroatoms. The lowest BCUT2D eigenvalue weighted by molar-refractivity contribution is 0.718. The van der Waals surface area contributed by atoms with E-state index < -0.39 is 0 Å². The fourth-order valence-corrected chi connectivity index (χ4v) is 2.58. The molecular weight excluding hydrogens is 218 g/mol. The van der Waals surface area contributed by atoms with Crippen molar-refractivity contribution in [1.82, 2.24) is 0 Å². The number of rotatable bonds is 1. The summed E-state index contributed by atoms with van der Waals surface area (Å²) in [5.74, 6) is 0.618. The minimum absolute atomic E-state index is 0.618. The van der Waals surface area contributed by atoms with Crippen molar-refractivity contribution in [3.8, 4) is 11.1 Å². The summed E-state index contributed by atoms with van der Waals surface area (Å²) in [7, 11) is 0. The van der Waals surface area contributed by atoms with E-state index in [0.29, 0.717) is 5.92 Å². The van der Waals surface area contributed by atoms with Crippen LogP contribution in [0.15, 0.2) is 48.5 Å². The van der Waals surface area contributed by atoms with Crippen molar-refractivity contribution in [3.63, 3.8) is 0 Å². The first-order valence-corrected chi connectivity index (χ1v) is 6.40. The van der Waals surface area contributed by atoms with Gasteiger partial charge in [-0.1, -0.05) is 49.4 Å². The molecule has 1 aliphatic carbocycles. The van der Waals surface area contributed by atoms with Gasteiger partial charge < -0.3 is 5.73 Å². The van der Waals surface area contributed by atoms with E-state index in [4.69, 9.17) is 5.73 Å². The highest BCUT2D eigenvalue weighted by Gasteiger charge is 2.14. The Hall–Kier alpha value is -2.02. The van der Waals surface area contributed by atoms with Crippen LogP contribution >= 0.6 is 0 Å². The molecule has 0 heterocycles. The lowest BCUT2D eigenvalue weighted by Crippen LogP contribution is -2.05. The number of allylic oxidation sites excluding steroid dienone is 1. The van der Waals surface area contributed by atoms with E-state index in [-0.39, 0.29) is 0 Å². The standard InChI is InChI=1S/C17H17N/c1-12-5-6-13-3-2-4-16(17(13)11-12)14-7-9-15(18)10-8-14/h2-10,12H,11,18H2,1H3. The molecule has 1 aliphatic rings. The van der Waals surface area contributed by atoms with E-state index in [9.17, 15) is 0 Å². The molecule has 0 radical (unpaired) electrons. The predicted octanol–water partition coefficient (Wildman–Crippen LogP) is 4.14. The topological polar surface area (TPSA) is 26.0 Å². The maximum atomic E-state index is 5.75. The Kier molecular flexibility index (Phi) is 2.67. The van der Waals surface area contributed by atoms with Crippen molar-refractivity contribution >= 4 is 11.8 Å². The lowest BCUT2D eigenvalue weighted by atomic mass is 9.85. The zero-order valence-corrected chi connectivity index (χ0v) is 10.6. The third-order valence-corrected chi connectivity index (χ3v) is 3.56. The summed E-state index contributed by atoms with van der Waals surface area (Å²) in [5.41, 5.74) is 12.0. The molecule has 0 aromatic heterocycles. The van der Waals surface area contributed by atoms with Crippen molar-refractivity contribution in [2.45, 2.75) is 13.3 Å². The second-order valence-electron chi connectivity index (χ2n) is 5.04. The molecule has 18 heavy (non-hydrogen) atoms. The van der Waals surface area contributed by atoms with Crippen LogP contribution in [0.25, 0.3) is 17.2 Å². The first kappa shape index (κ1) is 11.1. The van der Waals surface area contributed by atoms with Crippen LogP contribution in [0.3, 0.4) is 0 Å². The van der Waals surface area contributed by atoms with Gasteiger partial charge in [-0.2, -0.15) is 0 Å². The molecule has 90 valence electrons. The molecule has 2 aromatic rings. The average molecular weight is 235 g/mol. The molecule has 0 fully saturated rings. The zero-order chi connectivity index (χ0) is 12.5. The number of hydrogen-bond donors (Lipinski definition) is 1. The number of nitrogens with two attached hydrogens (primary N) is 1. The Bertz CT molecular complexity index is 594. The molecule has 0 amide bonds. The Morgan fingerprint density at radius 1 is 1.06 bits per heavy atom. The molecule has 0 spiro atoms. The lowest BCUT2D eigenvalue weighted by Gasteiger charge is -2.19. The van der Waals surface area contributed by atoms with Crippen molar-refractivity contribution in [2.75, 3.05) is 5.73 Å². The highest BCUT2D eigenvalue weighted by atomic mass is 14.5. The smallest absolute Gasteiger partial charge is 0.0314 e. The van der Waals surface area contributed by atoms with Crippen LogP contribution < -0.4 is 5.73 Å². The Labute approximate surface area is 108 Å². The van der Waals surface area contributed by atoms with E-state index >= 15 is 0 Å². The van der Waals surface area contributed by atoms with Gasteiger partial charge in [-0.3, -0.25) is 0 Å². The van der Waals surface area contributed by atoms with Crippen LogP contribution in [0.1, 0.15) is 18.1 Å². The molecule has 0 bridgehead atoms. The molecule has 1 unspecified atom stereocenters. The third kappa shape index (κ3) is 1.92. The van der Waals surface area contributed by atoms with Gasteiger partial charge in [0.1, 0.15) is 0 Å². The van der Waals surface area contributed by atoms with Gasteiger partial charge in [0.25, 0.3) is 0 Å². The van der Waals surface area contributed by atoms with Crippen LogP contribution in [0, 0.1) is 5.92 Å². The number of benzene rings is 2. The molecule has 0 saturated heterocycles. The van der Waals surface area contributed by atoms with Crippen LogP contribution in [0.5, 0.6) is 0 Å². The quantitative estimate of drug-likeness (QED) is 0.738. The van der Waals surface area contributed by atoms with Crippen molar-refractivity contribution in [1.29, 1.82) is 0 Å². The van der Waals surface area contributed by atoms with Crippen molar-refractivity contribution in [3.05, 3.63) is 59.7 Å². The molecule has 2 N–H and O–H groups in total. The summed E-state index contributed by atoms with van der Waals surface area (Å²) < 4.78 is 0. The molecule has 0 aliphatic heterocycles. The molecule has 1 atom stereocenters. The minimum Gasteiger partial charge on any atom is -0.399 e. The van der Waals surface area contributed by atoms with Gasteiger partial charge in [0.2, 0.25) is 0 Å². The Morgan fingerprint density at radius 3 is 2.61 bits per heavy atom. The largest absolute Gasteiger partial charge is 0.399 e. The summed E-state index contributed by atoms with van der Waals surface area (Å²) in [6.45, 7) is 2.26. The van der Waals surface area contributed by atoms with E-state index in [1.807, 2.05) is 12.1 Å². The molecule has 1 nitrogen and oxygen atoms in total. The normalized spacial score (nSPS) is 17.5. The van der Waals surface area contributed by atoms with Crippen LogP contribution in [0.2, 0.25) is 0 Å². The summed E-state index contributed by atoms with van der Waals surface area (Å²) in [5, 5.41) is 0. The molecular formula is C17H17N. The van der Waals surface area contributed by atoms with Gasteiger partial charge in [0.05, 0.1) is 0 Å². The second kappa shape index (κ2) is 4.34. The highest BCUT2D eigenvalue weighted by molar-refractivity contribution is 5.74. The monoisotopic (exact) mass is 235 g/mol. The maximum Gasteiger partial charge on any atom is 0.0314 e. The van der Waals surface area contributed by atoms with Gasteiger partial charge >= 0.3 is 0 Å². The first-order valence-electron chi connectivity index (χ1n) is 6.40. The maximum absolute atomic E-state index is 5.75. The summed E-state index contributed by atoms with van der Waals surface area (Å²) in [4.78, 5) is 0. The van der Waals surface area contributed by atoms with Crippen molar-refractivity contribution in [2.24, 2.45) is 5.92 Å². The predicted molar refractivity (Wildman–Crippen MR) is 78.2 cm³/mol. The SMILES string of the molecule is CC1C=Cc2cccc(-c3ccc(N)cc3)c2C1. The van der Waals surface area contributed by atoms with Crippen LogP contribution in [0.4, 0.5) is 5.69 Å². The first-order chi connectivity index (χ1) is 8.74. The zero-order valence-electron chi connectivity index (χ0n) is 10.6. The molecule has 0 saturated carbocycles. The van der Waals surface area contributed by atoms with Gasteiger partial charge in [-0.05, 0) is 46.7 Å². The van der Waals surface area contributed by atoms with Gasteiger partial charge in [0, 0.05) is 5.69 Å². The van der Waals surface area contributed by atoms with E-state index in [2.05, 4.69) is 49.4 Å².